The van der Waals surface area contributed by atoms with Gasteiger partial charge >= 0.3 is 8.60 Å². The van der Waals surface area contributed by atoms with Crippen molar-refractivity contribution >= 4 is 20.3 Å². The largest absolute Gasteiger partial charge is 0.426 e. The highest BCUT2D eigenvalue weighted by atomic mass is 31.2. The Morgan fingerprint density at radius 1 is 0.903 bits per heavy atom. The van der Waals surface area contributed by atoms with Gasteiger partial charge in [0.1, 0.15) is 5.75 Å². The quantitative estimate of drug-likeness (QED) is 0.495. The van der Waals surface area contributed by atoms with Gasteiger partial charge in [0.25, 0.3) is 0 Å². The third-order valence-corrected chi connectivity index (χ3v) is 5.75. The third kappa shape index (κ3) is 5.74. The summed E-state index contributed by atoms with van der Waals surface area (Å²) in [5, 5.41) is 0. The molecule has 0 aromatic heterocycles. The fourth-order valence-electron chi connectivity index (χ4n) is 3.84. The van der Waals surface area contributed by atoms with Crippen LogP contribution in [-0.4, -0.2) is 9.79 Å². The van der Waals surface area contributed by atoms with Gasteiger partial charge in [0, 0.05) is 11.1 Å². The minimum Gasteiger partial charge on any atom is -0.426 e. The SMILES string of the molecule is CC(C)(C)c1cc(C=C2CC=CC=C2c2ccccc2)cc(C(C)(C)C)c1OP(O)O. The molecule has 0 atom stereocenters. The molecule has 0 amide bonds. The maximum Gasteiger partial charge on any atom is 0.391 e. The Morgan fingerprint density at radius 3 is 2.00 bits per heavy atom. The highest BCUT2D eigenvalue weighted by Crippen LogP contribution is 2.45. The Morgan fingerprint density at radius 2 is 1.48 bits per heavy atom. The number of hydrogen-bond donors (Lipinski definition) is 2. The van der Waals surface area contributed by atoms with Gasteiger partial charge in [-0.25, -0.2) is 0 Å². The standard InChI is InChI=1S/C27H33O3P/c1-26(2,3)23-17-19(18-24(27(4,5)6)25(23)30-31(28)29)16-21-14-10-11-15-22(21)20-12-8-7-9-13-20/h7-13,15-18,28-29H,14H2,1-6H3. The fraction of sp³-hybridized carbons (Fsp3) is 0.333. The second-order valence-corrected chi connectivity index (χ2v) is 10.7. The van der Waals surface area contributed by atoms with Crippen molar-refractivity contribution in [2.24, 2.45) is 0 Å². The Balaban J connectivity index is 2.19. The maximum atomic E-state index is 9.65. The summed E-state index contributed by atoms with van der Waals surface area (Å²) in [6.07, 6.45) is 9.57. The molecule has 2 aromatic rings. The molecule has 1 aliphatic carbocycles. The van der Waals surface area contributed by atoms with Gasteiger partial charge in [0.2, 0.25) is 0 Å². The summed E-state index contributed by atoms with van der Waals surface area (Å²) in [6.45, 7) is 12.7. The average molecular weight is 437 g/mol. The summed E-state index contributed by atoms with van der Waals surface area (Å²) in [7, 11) is -2.50. The molecular weight excluding hydrogens is 403 g/mol. The summed E-state index contributed by atoms with van der Waals surface area (Å²) >= 11 is 0. The summed E-state index contributed by atoms with van der Waals surface area (Å²) in [5.41, 5.74) is 6.28. The van der Waals surface area contributed by atoms with Crippen molar-refractivity contribution in [2.75, 3.05) is 0 Å². The second-order valence-electron chi connectivity index (χ2n) is 10.0. The molecule has 31 heavy (non-hydrogen) atoms. The molecule has 164 valence electrons. The summed E-state index contributed by atoms with van der Waals surface area (Å²) in [6, 6.07) is 14.7. The van der Waals surface area contributed by atoms with Crippen molar-refractivity contribution in [1.29, 1.82) is 0 Å². The Kier molecular flexibility index (Phi) is 6.91. The summed E-state index contributed by atoms with van der Waals surface area (Å²) < 4.78 is 5.60. The van der Waals surface area contributed by atoms with Crippen molar-refractivity contribution in [3.8, 4) is 5.75 Å². The van der Waals surface area contributed by atoms with E-state index in [0.717, 1.165) is 23.1 Å². The molecule has 0 spiro atoms. The summed E-state index contributed by atoms with van der Waals surface area (Å²) in [4.78, 5) is 19.3. The first-order chi connectivity index (χ1) is 14.5. The van der Waals surface area contributed by atoms with Crippen LogP contribution in [0.1, 0.15) is 70.2 Å². The van der Waals surface area contributed by atoms with E-state index in [0.29, 0.717) is 5.75 Å². The molecule has 0 bridgehead atoms. The number of allylic oxidation sites excluding steroid dienone is 5. The zero-order valence-electron chi connectivity index (χ0n) is 19.3. The van der Waals surface area contributed by atoms with Gasteiger partial charge < -0.3 is 14.3 Å². The maximum absolute atomic E-state index is 9.65. The lowest BCUT2D eigenvalue weighted by atomic mass is 9.78. The second kappa shape index (κ2) is 9.12. The van der Waals surface area contributed by atoms with Crippen molar-refractivity contribution in [3.63, 3.8) is 0 Å². The van der Waals surface area contributed by atoms with Crippen LogP contribution in [0, 0.1) is 0 Å². The monoisotopic (exact) mass is 436 g/mol. The van der Waals surface area contributed by atoms with Crippen LogP contribution < -0.4 is 4.52 Å². The Hall–Kier alpha value is -2.19. The van der Waals surface area contributed by atoms with E-state index in [9.17, 15) is 9.79 Å². The van der Waals surface area contributed by atoms with Crippen LogP contribution >= 0.6 is 8.60 Å². The molecule has 3 nitrogen and oxygen atoms in total. The minimum absolute atomic E-state index is 0.222. The zero-order valence-corrected chi connectivity index (χ0v) is 20.2. The van der Waals surface area contributed by atoms with Gasteiger partial charge in [0.05, 0.1) is 0 Å². The molecule has 0 saturated heterocycles. The van der Waals surface area contributed by atoms with Gasteiger partial charge in [0.15, 0.2) is 0 Å². The van der Waals surface area contributed by atoms with E-state index in [2.05, 4.69) is 102 Å². The molecule has 2 N–H and O–H groups in total. The molecule has 4 heteroatoms. The van der Waals surface area contributed by atoms with Crippen molar-refractivity contribution < 1.29 is 14.3 Å². The van der Waals surface area contributed by atoms with Crippen LogP contribution in [0.2, 0.25) is 0 Å². The van der Waals surface area contributed by atoms with Crippen LogP contribution in [0.25, 0.3) is 11.6 Å². The van der Waals surface area contributed by atoms with Crippen LogP contribution in [0.3, 0.4) is 0 Å². The Bertz CT molecular complexity index is 982. The molecule has 0 radical (unpaired) electrons. The van der Waals surface area contributed by atoms with Gasteiger partial charge in [-0.15, -0.1) is 0 Å². The predicted octanol–water partition coefficient (Wildman–Crippen LogP) is 7.30. The molecule has 0 fully saturated rings. The third-order valence-electron chi connectivity index (χ3n) is 5.41. The predicted molar refractivity (Wildman–Crippen MR) is 132 cm³/mol. The molecule has 3 rings (SSSR count). The van der Waals surface area contributed by atoms with E-state index in [1.54, 1.807) is 0 Å². The first-order valence-corrected chi connectivity index (χ1v) is 11.8. The zero-order chi connectivity index (χ0) is 22.8. The molecule has 0 saturated carbocycles. The van der Waals surface area contributed by atoms with Crippen LogP contribution in [0.5, 0.6) is 5.75 Å². The average Bonchev–Trinajstić information content (AvgIpc) is 2.68. The van der Waals surface area contributed by atoms with E-state index in [4.69, 9.17) is 4.52 Å². The van der Waals surface area contributed by atoms with E-state index < -0.39 is 8.60 Å². The first-order valence-electron chi connectivity index (χ1n) is 10.6. The molecule has 0 unspecified atom stereocenters. The molecule has 1 aliphatic rings. The molecular formula is C27H33O3P. The number of rotatable bonds is 4. The molecule has 2 aromatic carbocycles. The molecule has 0 aliphatic heterocycles. The van der Waals surface area contributed by atoms with E-state index in [1.807, 2.05) is 6.07 Å². The smallest absolute Gasteiger partial charge is 0.391 e. The van der Waals surface area contributed by atoms with Gasteiger partial charge in [-0.3, -0.25) is 0 Å². The normalized spacial score (nSPS) is 16.0. The lowest BCUT2D eigenvalue weighted by molar-refractivity contribution is 0.364. The lowest BCUT2D eigenvalue weighted by Crippen LogP contribution is -2.19. The highest BCUT2D eigenvalue weighted by molar-refractivity contribution is 7.39. The molecule has 0 heterocycles. The summed E-state index contributed by atoms with van der Waals surface area (Å²) in [5.74, 6) is 0.584. The van der Waals surface area contributed by atoms with E-state index in [1.165, 1.54) is 16.7 Å². The fourth-order valence-corrected chi connectivity index (χ4v) is 4.20. The van der Waals surface area contributed by atoms with Gasteiger partial charge in [-0.05, 0) is 51.7 Å². The minimum atomic E-state index is -2.50. The van der Waals surface area contributed by atoms with E-state index >= 15 is 0 Å². The van der Waals surface area contributed by atoms with Crippen molar-refractivity contribution in [2.45, 2.75) is 58.8 Å². The van der Waals surface area contributed by atoms with E-state index in [-0.39, 0.29) is 10.8 Å². The van der Waals surface area contributed by atoms with Gasteiger partial charge in [-0.2, -0.15) is 0 Å². The Labute approximate surface area is 187 Å². The van der Waals surface area contributed by atoms with Crippen molar-refractivity contribution in [3.05, 3.63) is 88.5 Å². The highest BCUT2D eigenvalue weighted by Gasteiger charge is 2.29. The topological polar surface area (TPSA) is 49.7 Å². The first kappa shape index (κ1) is 23.5. The lowest BCUT2D eigenvalue weighted by Gasteiger charge is -2.30. The van der Waals surface area contributed by atoms with Crippen LogP contribution in [0.4, 0.5) is 0 Å². The van der Waals surface area contributed by atoms with Crippen LogP contribution in [0.15, 0.2) is 66.3 Å². The van der Waals surface area contributed by atoms with Crippen molar-refractivity contribution in [1.82, 2.24) is 0 Å². The van der Waals surface area contributed by atoms with Gasteiger partial charge in [-0.1, -0.05) is 96.2 Å². The number of benzene rings is 2. The number of hydrogen-bond acceptors (Lipinski definition) is 3. The van der Waals surface area contributed by atoms with Crippen LogP contribution in [-0.2, 0) is 10.8 Å².